The van der Waals surface area contributed by atoms with Crippen molar-refractivity contribution in [2.24, 2.45) is 11.7 Å². The van der Waals surface area contributed by atoms with Gasteiger partial charge in [0.15, 0.2) is 0 Å². The van der Waals surface area contributed by atoms with Crippen molar-refractivity contribution in [3.05, 3.63) is 28.8 Å². The first kappa shape index (κ1) is 15.5. The van der Waals surface area contributed by atoms with Gasteiger partial charge in [0.2, 0.25) is 0 Å². The molecule has 92 valence electrons. The van der Waals surface area contributed by atoms with Crippen molar-refractivity contribution >= 4 is 24.0 Å². The Morgan fingerprint density at radius 1 is 1.31 bits per heavy atom. The third-order valence-electron chi connectivity index (χ3n) is 2.40. The summed E-state index contributed by atoms with van der Waals surface area (Å²) in [5.41, 5.74) is 6.32. The minimum atomic E-state index is -0.700. The van der Waals surface area contributed by atoms with E-state index in [0.717, 1.165) is 0 Å². The molecule has 0 unspecified atom stereocenters. The van der Waals surface area contributed by atoms with Gasteiger partial charge in [0.05, 0.1) is 12.1 Å². The molecule has 0 aromatic heterocycles. The lowest BCUT2D eigenvalue weighted by Gasteiger charge is -2.23. The van der Waals surface area contributed by atoms with E-state index in [1.807, 2.05) is 13.8 Å². The number of hydrogen-bond acceptors (Lipinski definition) is 3. The number of aliphatic hydroxyl groups excluding tert-OH is 1. The molecule has 0 saturated carbocycles. The molecule has 0 spiro atoms. The quantitative estimate of drug-likeness (QED) is 0.787. The van der Waals surface area contributed by atoms with Crippen molar-refractivity contribution in [2.45, 2.75) is 26.0 Å². The zero-order chi connectivity index (χ0) is 11.6. The van der Waals surface area contributed by atoms with Gasteiger partial charge in [0.25, 0.3) is 0 Å². The highest BCUT2D eigenvalue weighted by molar-refractivity contribution is 6.30. The van der Waals surface area contributed by atoms with E-state index in [1.165, 1.54) is 6.07 Å². The lowest BCUT2D eigenvalue weighted by molar-refractivity contribution is 0.0970. The molecule has 3 nitrogen and oxygen atoms in total. The maximum absolute atomic E-state index is 9.78. The summed E-state index contributed by atoms with van der Waals surface area (Å²) >= 11 is 5.80. The molecule has 0 saturated heterocycles. The molecule has 0 fully saturated rings. The Labute approximate surface area is 107 Å². The lowest BCUT2D eigenvalue weighted by atomic mass is 9.94. The van der Waals surface area contributed by atoms with Crippen molar-refractivity contribution in [3.63, 3.8) is 0 Å². The number of phenols is 1. The van der Waals surface area contributed by atoms with Gasteiger partial charge in [0.1, 0.15) is 5.75 Å². The molecular weight excluding hydrogens is 249 g/mol. The van der Waals surface area contributed by atoms with Gasteiger partial charge >= 0.3 is 0 Å². The van der Waals surface area contributed by atoms with E-state index >= 15 is 0 Å². The normalized spacial score (nSPS) is 14.4. The van der Waals surface area contributed by atoms with Crippen molar-refractivity contribution in [2.75, 3.05) is 0 Å². The summed E-state index contributed by atoms with van der Waals surface area (Å²) in [4.78, 5) is 0. The first-order valence-electron chi connectivity index (χ1n) is 4.85. The molecule has 0 aliphatic rings. The summed E-state index contributed by atoms with van der Waals surface area (Å²) in [6.45, 7) is 3.73. The highest BCUT2D eigenvalue weighted by Gasteiger charge is 2.22. The second-order valence-corrected chi connectivity index (χ2v) is 4.40. The van der Waals surface area contributed by atoms with Crippen molar-refractivity contribution in [3.8, 4) is 5.75 Å². The topological polar surface area (TPSA) is 66.5 Å². The van der Waals surface area contributed by atoms with Gasteiger partial charge in [-0.25, -0.2) is 0 Å². The third-order valence-corrected chi connectivity index (χ3v) is 2.63. The van der Waals surface area contributed by atoms with E-state index in [4.69, 9.17) is 17.3 Å². The van der Waals surface area contributed by atoms with Crippen LogP contribution in [-0.4, -0.2) is 16.3 Å². The van der Waals surface area contributed by atoms with Crippen LogP contribution >= 0.6 is 24.0 Å². The van der Waals surface area contributed by atoms with Gasteiger partial charge < -0.3 is 15.9 Å². The number of hydrogen-bond donors (Lipinski definition) is 3. The number of phenolic OH excluding ortho intramolecular Hbond substituents is 1. The average molecular weight is 266 g/mol. The van der Waals surface area contributed by atoms with Crippen molar-refractivity contribution < 1.29 is 10.2 Å². The minimum absolute atomic E-state index is 0. The fourth-order valence-corrected chi connectivity index (χ4v) is 1.57. The monoisotopic (exact) mass is 265 g/mol. The Kier molecular flexibility index (Phi) is 6.11. The minimum Gasteiger partial charge on any atom is -0.508 e. The summed E-state index contributed by atoms with van der Waals surface area (Å²) in [6.07, 6.45) is -0.700. The molecule has 1 aromatic rings. The fraction of sp³-hybridized carbons (Fsp3) is 0.455. The van der Waals surface area contributed by atoms with E-state index in [2.05, 4.69) is 0 Å². The van der Waals surface area contributed by atoms with E-state index in [9.17, 15) is 10.2 Å². The highest BCUT2D eigenvalue weighted by atomic mass is 35.5. The predicted octanol–water partition coefficient (Wildman–Crippen LogP) is 2.48. The summed E-state index contributed by atoms with van der Waals surface area (Å²) in [5.74, 6) is 0.0879. The summed E-state index contributed by atoms with van der Waals surface area (Å²) in [7, 11) is 0. The van der Waals surface area contributed by atoms with Crippen LogP contribution in [0.3, 0.4) is 0 Å². The van der Waals surface area contributed by atoms with Gasteiger partial charge in [-0.1, -0.05) is 25.4 Å². The molecule has 0 heterocycles. The molecule has 16 heavy (non-hydrogen) atoms. The van der Waals surface area contributed by atoms with Crippen LogP contribution in [0.2, 0.25) is 5.02 Å². The zero-order valence-corrected chi connectivity index (χ0v) is 10.8. The molecule has 1 aromatic carbocycles. The number of aromatic hydroxyl groups is 1. The molecular formula is C11H17Cl2NO2. The first-order chi connectivity index (χ1) is 6.93. The van der Waals surface area contributed by atoms with Crippen LogP contribution in [0.15, 0.2) is 18.2 Å². The first-order valence-corrected chi connectivity index (χ1v) is 5.23. The SMILES string of the molecule is CC(C)[C@@H](O)[C@@H](N)c1cc(Cl)ccc1O.Cl. The Balaban J connectivity index is 0.00000225. The third kappa shape index (κ3) is 3.52. The van der Waals surface area contributed by atoms with E-state index < -0.39 is 12.1 Å². The Bertz CT molecular complexity index is 345. The van der Waals surface area contributed by atoms with Crippen LogP contribution in [0.4, 0.5) is 0 Å². The Morgan fingerprint density at radius 3 is 2.38 bits per heavy atom. The highest BCUT2D eigenvalue weighted by Crippen LogP contribution is 2.29. The molecule has 0 radical (unpaired) electrons. The van der Waals surface area contributed by atoms with Gasteiger partial charge in [0, 0.05) is 10.6 Å². The van der Waals surface area contributed by atoms with Crippen molar-refractivity contribution in [1.82, 2.24) is 0 Å². The maximum Gasteiger partial charge on any atom is 0.120 e. The van der Waals surface area contributed by atoms with Gasteiger partial charge in [-0.15, -0.1) is 12.4 Å². The van der Waals surface area contributed by atoms with Crippen LogP contribution in [-0.2, 0) is 0 Å². The smallest absolute Gasteiger partial charge is 0.120 e. The number of rotatable bonds is 3. The van der Waals surface area contributed by atoms with E-state index in [-0.39, 0.29) is 24.1 Å². The zero-order valence-electron chi connectivity index (χ0n) is 9.22. The molecule has 5 heteroatoms. The van der Waals surface area contributed by atoms with Crippen LogP contribution in [0, 0.1) is 5.92 Å². The largest absolute Gasteiger partial charge is 0.508 e. The average Bonchev–Trinajstić information content (AvgIpc) is 2.19. The van der Waals surface area contributed by atoms with Crippen LogP contribution in [0.1, 0.15) is 25.5 Å². The second kappa shape index (κ2) is 6.30. The number of nitrogens with two attached hydrogens (primary N) is 1. The number of aliphatic hydroxyl groups is 1. The molecule has 4 N–H and O–H groups in total. The summed E-state index contributed by atoms with van der Waals surface area (Å²) in [5, 5.41) is 19.9. The number of halogens is 2. The summed E-state index contributed by atoms with van der Waals surface area (Å²) in [6, 6.07) is 4.01. The fourth-order valence-electron chi connectivity index (χ4n) is 1.39. The molecule has 0 aliphatic carbocycles. The van der Waals surface area contributed by atoms with E-state index in [1.54, 1.807) is 12.1 Å². The second-order valence-electron chi connectivity index (χ2n) is 3.96. The Hall–Kier alpha value is -0.480. The van der Waals surface area contributed by atoms with Crippen LogP contribution in [0.5, 0.6) is 5.75 Å². The predicted molar refractivity (Wildman–Crippen MR) is 68.1 cm³/mol. The number of benzene rings is 1. The summed E-state index contributed by atoms with van der Waals surface area (Å²) < 4.78 is 0. The van der Waals surface area contributed by atoms with Crippen LogP contribution in [0.25, 0.3) is 0 Å². The van der Waals surface area contributed by atoms with E-state index in [0.29, 0.717) is 10.6 Å². The maximum atomic E-state index is 9.78. The van der Waals surface area contributed by atoms with Gasteiger partial charge in [-0.3, -0.25) is 0 Å². The molecule has 0 bridgehead atoms. The molecule has 0 aliphatic heterocycles. The molecule has 0 amide bonds. The molecule has 2 atom stereocenters. The van der Waals surface area contributed by atoms with Gasteiger partial charge in [-0.2, -0.15) is 0 Å². The van der Waals surface area contributed by atoms with Gasteiger partial charge in [-0.05, 0) is 24.1 Å². The standard InChI is InChI=1S/C11H16ClNO2.ClH/c1-6(2)11(15)10(13)8-5-7(12)3-4-9(8)14;/h3-6,10-11,14-15H,13H2,1-2H3;1H/t10-,11+;/m0./s1. The molecule has 1 rings (SSSR count). The lowest BCUT2D eigenvalue weighted by Crippen LogP contribution is -2.30. The Morgan fingerprint density at radius 2 is 1.88 bits per heavy atom. The van der Waals surface area contributed by atoms with Crippen LogP contribution < -0.4 is 5.73 Å². The van der Waals surface area contributed by atoms with Crippen molar-refractivity contribution in [1.29, 1.82) is 0 Å².